The molecule has 3 N–H and O–H groups in total. The Bertz CT molecular complexity index is 1410. The molecule has 0 atom stereocenters. The molecule has 1 heterocycles. The third kappa shape index (κ3) is 6.51. The van der Waals surface area contributed by atoms with Crippen LogP contribution in [0.4, 0.5) is 11.4 Å². The Morgan fingerprint density at radius 2 is 1.69 bits per heavy atom. The third-order valence-corrected chi connectivity index (χ3v) is 5.27. The highest BCUT2D eigenvalue weighted by atomic mass is 16.5. The molecule has 0 saturated carbocycles. The van der Waals surface area contributed by atoms with E-state index in [1.54, 1.807) is 24.3 Å². The molecule has 4 aromatic rings. The molecule has 0 saturated heterocycles. The fraction of sp³-hybridized carbons (Fsp3) is 0.143. The highest BCUT2D eigenvalue weighted by molar-refractivity contribution is 6.03. The van der Waals surface area contributed by atoms with E-state index in [1.165, 1.54) is 12.1 Å². The average molecular weight is 471 g/mol. The number of nitrogens with two attached hydrogens (primary N) is 1. The van der Waals surface area contributed by atoms with Gasteiger partial charge in [0, 0.05) is 30.0 Å². The van der Waals surface area contributed by atoms with Crippen LogP contribution >= 0.6 is 0 Å². The highest BCUT2D eigenvalue weighted by Crippen LogP contribution is 2.22. The van der Waals surface area contributed by atoms with Crippen LogP contribution < -0.4 is 26.1 Å². The summed E-state index contributed by atoms with van der Waals surface area (Å²) in [5.74, 6) is 1.11. The van der Waals surface area contributed by atoms with Gasteiger partial charge in [-0.15, -0.1) is 0 Å². The van der Waals surface area contributed by atoms with Gasteiger partial charge in [0.1, 0.15) is 17.1 Å². The molecule has 0 aliphatic carbocycles. The van der Waals surface area contributed by atoms with E-state index < -0.39 is 0 Å². The Balaban J connectivity index is 1.20. The fourth-order valence-corrected chi connectivity index (χ4v) is 3.47. The van der Waals surface area contributed by atoms with Crippen molar-refractivity contribution in [2.24, 2.45) is 0 Å². The van der Waals surface area contributed by atoms with E-state index in [2.05, 4.69) is 5.32 Å². The van der Waals surface area contributed by atoms with E-state index in [9.17, 15) is 9.59 Å². The lowest BCUT2D eigenvalue weighted by Gasteiger charge is -2.09. The number of fused-ring (bicyclic) bond motifs is 1. The van der Waals surface area contributed by atoms with E-state index in [-0.39, 0.29) is 11.5 Å². The van der Waals surface area contributed by atoms with Gasteiger partial charge in [-0.1, -0.05) is 24.3 Å². The highest BCUT2D eigenvalue weighted by Gasteiger charge is 2.05. The first-order valence-electron chi connectivity index (χ1n) is 11.2. The van der Waals surface area contributed by atoms with Crippen molar-refractivity contribution < 1.29 is 18.7 Å². The normalized spacial score (nSPS) is 11.0. The smallest absolute Gasteiger partial charge is 0.336 e. The SMILES string of the molecule is Cc1cc(=O)oc2cc(OCCCOc3ccc(/C=C/C(=O)Nc4ccccc4N)cc3)ccc12. The molecular weight excluding hydrogens is 444 g/mol. The number of ether oxygens (including phenoxy) is 2. The molecule has 0 spiro atoms. The Morgan fingerprint density at radius 3 is 2.46 bits per heavy atom. The van der Waals surface area contributed by atoms with Crippen LogP contribution in [0, 0.1) is 6.92 Å². The molecule has 3 aromatic carbocycles. The summed E-state index contributed by atoms with van der Waals surface area (Å²) < 4.78 is 16.8. The van der Waals surface area contributed by atoms with Crippen LogP contribution in [0.2, 0.25) is 0 Å². The van der Waals surface area contributed by atoms with Gasteiger partial charge < -0.3 is 24.9 Å². The zero-order chi connectivity index (χ0) is 24.6. The molecule has 178 valence electrons. The number of aryl methyl sites for hydroxylation is 1. The lowest BCUT2D eigenvalue weighted by molar-refractivity contribution is -0.111. The number of amides is 1. The summed E-state index contributed by atoms with van der Waals surface area (Å²) in [5.41, 5.74) is 8.82. The second kappa shape index (κ2) is 11.1. The molecule has 0 bridgehead atoms. The summed E-state index contributed by atoms with van der Waals surface area (Å²) in [6, 6.07) is 21.5. The van der Waals surface area contributed by atoms with Crippen LogP contribution in [-0.2, 0) is 4.79 Å². The molecule has 0 radical (unpaired) electrons. The summed E-state index contributed by atoms with van der Waals surface area (Å²) in [7, 11) is 0. The van der Waals surface area contributed by atoms with Gasteiger partial charge >= 0.3 is 5.63 Å². The number of hydrogen-bond acceptors (Lipinski definition) is 6. The number of carbonyl (C=O) groups excluding carboxylic acids is 1. The number of para-hydroxylation sites is 2. The second-order valence-electron chi connectivity index (χ2n) is 7.94. The quantitative estimate of drug-likeness (QED) is 0.151. The van der Waals surface area contributed by atoms with Crippen molar-refractivity contribution in [3.8, 4) is 11.5 Å². The molecule has 35 heavy (non-hydrogen) atoms. The summed E-state index contributed by atoms with van der Waals surface area (Å²) >= 11 is 0. The lowest BCUT2D eigenvalue weighted by atomic mass is 10.1. The number of nitrogen functional groups attached to an aromatic ring is 1. The van der Waals surface area contributed by atoms with Crippen molar-refractivity contribution in [3.63, 3.8) is 0 Å². The molecule has 0 fully saturated rings. The predicted octanol–water partition coefficient (Wildman–Crippen LogP) is 5.18. The van der Waals surface area contributed by atoms with E-state index in [0.717, 1.165) is 22.3 Å². The van der Waals surface area contributed by atoms with Gasteiger partial charge in [0.15, 0.2) is 0 Å². The number of carbonyl (C=O) groups is 1. The molecule has 0 aliphatic heterocycles. The zero-order valence-electron chi connectivity index (χ0n) is 19.3. The molecule has 7 heteroatoms. The minimum absolute atomic E-state index is 0.257. The number of rotatable bonds is 9. The Morgan fingerprint density at radius 1 is 0.971 bits per heavy atom. The topological polar surface area (TPSA) is 104 Å². The number of anilines is 2. The van der Waals surface area contributed by atoms with Crippen molar-refractivity contribution in [3.05, 3.63) is 100 Å². The third-order valence-electron chi connectivity index (χ3n) is 5.27. The van der Waals surface area contributed by atoms with Gasteiger partial charge in [-0.2, -0.15) is 0 Å². The van der Waals surface area contributed by atoms with Crippen molar-refractivity contribution >= 4 is 34.3 Å². The standard InChI is InChI=1S/C28H26N2O5/c1-19-17-28(32)35-26-18-22(12-13-23(19)26)34-16-4-15-33-21-10-7-20(8-11-21)9-14-27(31)30-25-6-3-2-5-24(25)29/h2-3,5-14,17-18H,4,15-16,29H2,1H3,(H,30,31)/b14-9+. The van der Waals surface area contributed by atoms with Gasteiger partial charge in [-0.25, -0.2) is 4.79 Å². The van der Waals surface area contributed by atoms with E-state index >= 15 is 0 Å². The maximum absolute atomic E-state index is 12.1. The first-order chi connectivity index (χ1) is 17.0. The first kappa shape index (κ1) is 23.6. The van der Waals surface area contributed by atoms with Gasteiger partial charge in [0.2, 0.25) is 5.91 Å². The average Bonchev–Trinajstić information content (AvgIpc) is 2.84. The minimum atomic E-state index is -0.373. The molecule has 7 nitrogen and oxygen atoms in total. The Labute approximate surface area is 202 Å². The molecule has 4 rings (SSSR count). The van der Waals surface area contributed by atoms with Crippen LogP contribution in [0.25, 0.3) is 17.0 Å². The maximum atomic E-state index is 12.1. The molecular formula is C28H26N2O5. The van der Waals surface area contributed by atoms with Gasteiger partial charge in [0.25, 0.3) is 0 Å². The summed E-state index contributed by atoms with van der Waals surface area (Å²) in [4.78, 5) is 23.7. The summed E-state index contributed by atoms with van der Waals surface area (Å²) in [6.07, 6.45) is 3.86. The van der Waals surface area contributed by atoms with Crippen LogP contribution in [0.1, 0.15) is 17.5 Å². The lowest BCUT2D eigenvalue weighted by Crippen LogP contribution is -2.09. The molecule has 0 unspecified atom stereocenters. The van der Waals surface area contributed by atoms with Crippen molar-refractivity contribution in [1.82, 2.24) is 0 Å². The number of benzene rings is 3. The van der Waals surface area contributed by atoms with E-state index in [1.807, 2.05) is 55.5 Å². The van der Waals surface area contributed by atoms with Crippen molar-refractivity contribution in [2.45, 2.75) is 13.3 Å². The van der Waals surface area contributed by atoms with Crippen LogP contribution in [0.3, 0.4) is 0 Å². The van der Waals surface area contributed by atoms with Gasteiger partial charge in [-0.3, -0.25) is 4.79 Å². The van der Waals surface area contributed by atoms with E-state index in [0.29, 0.717) is 42.3 Å². The number of hydrogen-bond donors (Lipinski definition) is 2. The monoisotopic (exact) mass is 470 g/mol. The molecule has 1 amide bonds. The van der Waals surface area contributed by atoms with E-state index in [4.69, 9.17) is 19.6 Å². The second-order valence-corrected chi connectivity index (χ2v) is 7.94. The summed E-state index contributed by atoms with van der Waals surface area (Å²) in [5, 5.41) is 3.64. The molecule has 1 aromatic heterocycles. The van der Waals surface area contributed by atoms with Crippen LogP contribution in [-0.4, -0.2) is 19.1 Å². The summed E-state index contributed by atoms with van der Waals surface area (Å²) in [6.45, 7) is 2.82. The van der Waals surface area contributed by atoms with Gasteiger partial charge in [-0.05, 0) is 60.5 Å². The van der Waals surface area contributed by atoms with Crippen LogP contribution in [0.5, 0.6) is 11.5 Å². The predicted molar refractivity (Wildman–Crippen MR) is 138 cm³/mol. The Hall–Kier alpha value is -4.52. The minimum Gasteiger partial charge on any atom is -0.493 e. The first-order valence-corrected chi connectivity index (χ1v) is 11.2. The largest absolute Gasteiger partial charge is 0.493 e. The fourth-order valence-electron chi connectivity index (χ4n) is 3.47. The Kier molecular flexibility index (Phi) is 7.47. The van der Waals surface area contributed by atoms with Gasteiger partial charge in [0.05, 0.1) is 24.6 Å². The maximum Gasteiger partial charge on any atom is 0.336 e. The molecule has 0 aliphatic rings. The van der Waals surface area contributed by atoms with Crippen LogP contribution in [0.15, 0.2) is 88.1 Å². The van der Waals surface area contributed by atoms with Crippen molar-refractivity contribution in [1.29, 1.82) is 0 Å². The number of nitrogens with one attached hydrogen (secondary N) is 1. The van der Waals surface area contributed by atoms with Crippen molar-refractivity contribution in [2.75, 3.05) is 24.3 Å². The zero-order valence-corrected chi connectivity index (χ0v) is 19.3.